The van der Waals surface area contributed by atoms with Crippen molar-refractivity contribution in [2.45, 2.75) is 39.7 Å². The molecule has 2 aromatic heterocycles. The summed E-state index contributed by atoms with van der Waals surface area (Å²) in [6.07, 6.45) is 1.40. The lowest BCUT2D eigenvalue weighted by atomic mass is 10.2. The second kappa shape index (κ2) is 6.85. The van der Waals surface area contributed by atoms with Crippen molar-refractivity contribution < 1.29 is 5.11 Å². The summed E-state index contributed by atoms with van der Waals surface area (Å²) in [4.78, 5) is 11.4. The molecule has 0 aliphatic heterocycles. The van der Waals surface area contributed by atoms with Crippen molar-refractivity contribution in [3.8, 4) is 0 Å². The van der Waals surface area contributed by atoms with Gasteiger partial charge in [0.2, 0.25) is 5.95 Å². The molecule has 0 aliphatic carbocycles. The fourth-order valence-electron chi connectivity index (χ4n) is 1.92. The molecular weight excluding hydrogens is 272 g/mol. The third kappa shape index (κ3) is 3.58. The number of fused-ring (bicyclic) bond motifs is 1. The number of hydrogen-bond donors (Lipinski definition) is 3. The zero-order valence-corrected chi connectivity index (χ0v) is 13.0. The van der Waals surface area contributed by atoms with Gasteiger partial charge in [-0.05, 0) is 32.8 Å². The number of rotatable bonds is 7. The van der Waals surface area contributed by atoms with Crippen molar-refractivity contribution >= 4 is 33.3 Å². The van der Waals surface area contributed by atoms with Gasteiger partial charge in [0.05, 0.1) is 11.5 Å². The summed E-state index contributed by atoms with van der Waals surface area (Å²) in [6, 6.07) is 2.15. The molecule has 0 saturated carbocycles. The summed E-state index contributed by atoms with van der Waals surface area (Å²) >= 11 is 1.71. The van der Waals surface area contributed by atoms with Crippen molar-refractivity contribution in [2.75, 3.05) is 23.7 Å². The third-order valence-electron chi connectivity index (χ3n) is 2.98. The molecule has 5 nitrogen and oxygen atoms in total. The summed E-state index contributed by atoms with van der Waals surface area (Å²) in [5, 5.41) is 16.9. The Labute approximate surface area is 123 Å². The molecule has 2 heterocycles. The minimum Gasteiger partial charge on any atom is -0.393 e. The van der Waals surface area contributed by atoms with Crippen LogP contribution in [0.15, 0.2) is 6.07 Å². The van der Waals surface area contributed by atoms with Crippen molar-refractivity contribution in [1.82, 2.24) is 9.97 Å². The number of nitrogens with one attached hydrogen (secondary N) is 2. The van der Waals surface area contributed by atoms with E-state index in [1.54, 1.807) is 18.3 Å². The van der Waals surface area contributed by atoms with Gasteiger partial charge in [-0.2, -0.15) is 4.98 Å². The van der Waals surface area contributed by atoms with Crippen LogP contribution in [0.25, 0.3) is 10.2 Å². The lowest BCUT2D eigenvalue weighted by Gasteiger charge is -2.10. The zero-order valence-electron chi connectivity index (χ0n) is 12.2. The Hall–Kier alpha value is -1.40. The molecule has 0 amide bonds. The Morgan fingerprint density at radius 2 is 2.10 bits per heavy atom. The van der Waals surface area contributed by atoms with Crippen LogP contribution in [0.3, 0.4) is 0 Å². The maximum Gasteiger partial charge on any atom is 0.226 e. The fraction of sp³-hybridized carbons (Fsp3) is 0.571. The van der Waals surface area contributed by atoms with Gasteiger partial charge < -0.3 is 15.7 Å². The van der Waals surface area contributed by atoms with Crippen LogP contribution in [0.4, 0.5) is 11.8 Å². The van der Waals surface area contributed by atoms with E-state index in [9.17, 15) is 5.11 Å². The van der Waals surface area contributed by atoms with E-state index in [0.717, 1.165) is 29.0 Å². The number of hydrogen-bond acceptors (Lipinski definition) is 6. The number of anilines is 2. The van der Waals surface area contributed by atoms with Crippen molar-refractivity contribution in [3.63, 3.8) is 0 Å². The minimum atomic E-state index is -0.304. The molecule has 3 N–H and O–H groups in total. The molecule has 0 spiro atoms. The predicted octanol–water partition coefficient (Wildman–Crippen LogP) is 2.87. The first kappa shape index (κ1) is 15.0. The molecule has 0 saturated heterocycles. The molecule has 0 aliphatic rings. The second-order valence-corrected chi connectivity index (χ2v) is 5.89. The zero-order chi connectivity index (χ0) is 14.5. The molecule has 2 rings (SSSR count). The molecule has 6 heteroatoms. The topological polar surface area (TPSA) is 70.1 Å². The normalized spacial score (nSPS) is 12.6. The molecule has 0 fully saturated rings. The average molecular weight is 294 g/mol. The number of aliphatic hydroxyl groups is 1. The van der Waals surface area contributed by atoms with Crippen LogP contribution in [0, 0.1) is 0 Å². The molecule has 1 unspecified atom stereocenters. The summed E-state index contributed by atoms with van der Waals surface area (Å²) in [6.45, 7) is 7.46. The molecule has 0 bridgehead atoms. The SMILES string of the molecule is CCNc1nc(NCCC(C)O)c2cc(CC)sc2n1. The molecule has 2 aromatic rings. The van der Waals surface area contributed by atoms with Gasteiger partial charge in [0.1, 0.15) is 10.6 Å². The highest BCUT2D eigenvalue weighted by molar-refractivity contribution is 7.18. The van der Waals surface area contributed by atoms with Crippen molar-refractivity contribution in [3.05, 3.63) is 10.9 Å². The number of aliphatic hydroxyl groups excluding tert-OH is 1. The summed E-state index contributed by atoms with van der Waals surface area (Å²) in [5.74, 6) is 1.51. The Morgan fingerprint density at radius 3 is 2.75 bits per heavy atom. The van der Waals surface area contributed by atoms with Crippen LogP contribution < -0.4 is 10.6 Å². The Kier molecular flexibility index (Phi) is 5.14. The van der Waals surface area contributed by atoms with E-state index >= 15 is 0 Å². The predicted molar refractivity (Wildman–Crippen MR) is 85.7 cm³/mol. The highest BCUT2D eigenvalue weighted by Gasteiger charge is 2.11. The maximum absolute atomic E-state index is 9.34. The molecule has 20 heavy (non-hydrogen) atoms. The first-order valence-electron chi connectivity index (χ1n) is 7.10. The van der Waals surface area contributed by atoms with Gasteiger partial charge in [-0.25, -0.2) is 4.98 Å². The van der Waals surface area contributed by atoms with E-state index in [4.69, 9.17) is 0 Å². The van der Waals surface area contributed by atoms with Crippen LogP contribution in [0.1, 0.15) is 32.1 Å². The van der Waals surface area contributed by atoms with Crippen molar-refractivity contribution in [2.24, 2.45) is 0 Å². The highest BCUT2D eigenvalue weighted by atomic mass is 32.1. The standard InChI is InChI=1S/C14H22N4OS/c1-4-10-8-11-12(16-7-6-9(3)19)17-14(15-5-2)18-13(11)20-10/h8-9,19H,4-7H2,1-3H3,(H2,15,16,17,18). The molecule has 0 aromatic carbocycles. The number of thiophene rings is 1. The van der Waals surface area contributed by atoms with Gasteiger partial charge in [-0.3, -0.25) is 0 Å². The van der Waals surface area contributed by atoms with E-state index in [0.29, 0.717) is 18.9 Å². The van der Waals surface area contributed by atoms with Gasteiger partial charge in [-0.15, -0.1) is 11.3 Å². The monoisotopic (exact) mass is 294 g/mol. The van der Waals surface area contributed by atoms with Crippen LogP contribution in [-0.4, -0.2) is 34.3 Å². The number of nitrogens with zero attached hydrogens (tertiary/aromatic N) is 2. The highest BCUT2D eigenvalue weighted by Crippen LogP contribution is 2.30. The smallest absolute Gasteiger partial charge is 0.226 e. The van der Waals surface area contributed by atoms with Gasteiger partial charge >= 0.3 is 0 Å². The average Bonchev–Trinajstić information content (AvgIpc) is 2.82. The largest absolute Gasteiger partial charge is 0.393 e. The van der Waals surface area contributed by atoms with Crippen LogP contribution in [-0.2, 0) is 6.42 Å². The lowest BCUT2D eigenvalue weighted by Crippen LogP contribution is -2.12. The molecule has 0 radical (unpaired) electrons. The minimum absolute atomic E-state index is 0.304. The van der Waals surface area contributed by atoms with E-state index < -0.39 is 0 Å². The first-order valence-corrected chi connectivity index (χ1v) is 7.92. The number of aryl methyl sites for hydroxylation is 1. The summed E-state index contributed by atoms with van der Waals surface area (Å²) < 4.78 is 0. The summed E-state index contributed by atoms with van der Waals surface area (Å²) in [5.41, 5.74) is 0. The van der Waals surface area contributed by atoms with Gasteiger partial charge in [-0.1, -0.05) is 6.92 Å². The quantitative estimate of drug-likeness (QED) is 0.732. The Morgan fingerprint density at radius 1 is 1.30 bits per heavy atom. The van der Waals surface area contributed by atoms with E-state index in [2.05, 4.69) is 33.6 Å². The lowest BCUT2D eigenvalue weighted by molar-refractivity contribution is 0.188. The molecule has 1 atom stereocenters. The number of aromatic nitrogens is 2. The van der Waals surface area contributed by atoms with Gasteiger partial charge in [0, 0.05) is 18.0 Å². The van der Waals surface area contributed by atoms with Crippen molar-refractivity contribution in [1.29, 1.82) is 0 Å². The second-order valence-electron chi connectivity index (χ2n) is 4.78. The fourth-order valence-corrected chi connectivity index (χ4v) is 2.88. The molecular formula is C14H22N4OS. The maximum atomic E-state index is 9.34. The third-order valence-corrected chi connectivity index (χ3v) is 4.15. The van der Waals surface area contributed by atoms with Crippen LogP contribution in [0.2, 0.25) is 0 Å². The van der Waals surface area contributed by atoms with Gasteiger partial charge in [0.15, 0.2) is 0 Å². The Balaban J connectivity index is 2.30. The van der Waals surface area contributed by atoms with E-state index in [1.807, 2.05) is 6.92 Å². The van der Waals surface area contributed by atoms with Crippen LogP contribution in [0.5, 0.6) is 0 Å². The van der Waals surface area contributed by atoms with E-state index in [1.165, 1.54) is 4.88 Å². The Bertz CT molecular complexity index is 568. The first-order chi connectivity index (χ1) is 9.63. The summed E-state index contributed by atoms with van der Waals surface area (Å²) in [7, 11) is 0. The van der Waals surface area contributed by atoms with Gasteiger partial charge in [0.25, 0.3) is 0 Å². The molecule has 110 valence electrons. The van der Waals surface area contributed by atoms with Crippen LogP contribution >= 0.6 is 11.3 Å². The van der Waals surface area contributed by atoms with E-state index in [-0.39, 0.29) is 6.10 Å².